The Morgan fingerprint density at radius 2 is 1.59 bits per heavy atom. The fourth-order valence-corrected chi connectivity index (χ4v) is 3.48. The number of carbonyl (C=O) groups is 3. The summed E-state index contributed by atoms with van der Waals surface area (Å²) in [5.74, 6) is -0.515. The van der Waals surface area contributed by atoms with Crippen molar-refractivity contribution in [2.75, 3.05) is 11.9 Å². The summed E-state index contributed by atoms with van der Waals surface area (Å²) in [4.78, 5) is 37.5. The number of imide groups is 1. The Bertz CT molecular complexity index is 842. The Morgan fingerprint density at radius 1 is 0.963 bits per heavy atom. The monoisotopic (exact) mass is 364 g/mol. The van der Waals surface area contributed by atoms with Crippen LogP contribution >= 0.6 is 0 Å². The van der Waals surface area contributed by atoms with Crippen LogP contribution in [0.25, 0.3) is 0 Å². The first-order valence-corrected chi connectivity index (χ1v) is 9.03. The molecule has 2 aromatic rings. The average Bonchev–Trinajstić information content (AvgIpc) is 2.80. The molecule has 1 heterocycles. The molecule has 1 aliphatic carbocycles. The van der Waals surface area contributed by atoms with Crippen molar-refractivity contribution in [2.24, 2.45) is 11.8 Å². The molecule has 1 saturated heterocycles. The summed E-state index contributed by atoms with van der Waals surface area (Å²) < 4.78 is 5.71. The maximum absolute atomic E-state index is 12.2. The zero-order valence-corrected chi connectivity index (χ0v) is 14.8. The second-order valence-corrected chi connectivity index (χ2v) is 6.90. The Labute approximate surface area is 157 Å². The molecule has 6 heteroatoms. The van der Waals surface area contributed by atoms with Gasteiger partial charge in [-0.15, -0.1) is 0 Å². The quantitative estimate of drug-likeness (QED) is 0.800. The molecule has 2 atom stereocenters. The van der Waals surface area contributed by atoms with Gasteiger partial charge in [0.05, 0.1) is 11.8 Å². The second kappa shape index (κ2) is 7.23. The van der Waals surface area contributed by atoms with Crippen LogP contribution in [0, 0.1) is 11.8 Å². The molecular weight excluding hydrogens is 344 g/mol. The first-order valence-electron chi connectivity index (χ1n) is 9.03. The molecule has 6 nitrogen and oxygen atoms in total. The van der Waals surface area contributed by atoms with Gasteiger partial charge in [0.25, 0.3) is 0 Å². The molecular formula is C21H20N2O4. The number of nitrogens with one attached hydrogen (secondary N) is 1. The number of fused-ring (bicyclic) bond motifs is 1. The summed E-state index contributed by atoms with van der Waals surface area (Å²) in [7, 11) is 0. The molecule has 0 bridgehead atoms. The first-order chi connectivity index (χ1) is 13.1. The third-order valence-corrected chi connectivity index (χ3v) is 5.13. The maximum atomic E-state index is 12.2. The molecule has 1 saturated carbocycles. The smallest absolute Gasteiger partial charge is 0.244 e. The molecule has 0 unspecified atom stereocenters. The molecule has 2 aliphatic rings. The third kappa shape index (κ3) is 3.56. The summed E-state index contributed by atoms with van der Waals surface area (Å²) in [5, 5.41) is 2.72. The summed E-state index contributed by atoms with van der Waals surface area (Å²) in [6.45, 7) is 0.241. The van der Waals surface area contributed by atoms with Crippen molar-refractivity contribution in [1.82, 2.24) is 4.90 Å². The van der Waals surface area contributed by atoms with Crippen LogP contribution in [0.1, 0.15) is 18.4 Å². The number of anilines is 1. The Hall–Kier alpha value is -3.15. The van der Waals surface area contributed by atoms with Crippen molar-refractivity contribution in [3.05, 3.63) is 60.2 Å². The maximum Gasteiger partial charge on any atom is 0.244 e. The number of carbonyl (C=O) groups excluding carboxylic acids is 3. The summed E-state index contributed by atoms with van der Waals surface area (Å²) in [6.07, 6.45) is 1.50. The zero-order valence-electron chi connectivity index (χ0n) is 14.8. The van der Waals surface area contributed by atoms with Gasteiger partial charge in [0.1, 0.15) is 18.9 Å². The predicted octanol–water partition coefficient (Wildman–Crippen LogP) is 2.60. The normalized spacial score (nSPS) is 20.8. The number of nitrogens with zero attached hydrogens (tertiary/aromatic N) is 1. The van der Waals surface area contributed by atoms with Crippen LogP contribution in [-0.4, -0.2) is 29.2 Å². The number of ether oxygens (including phenoxy) is 1. The van der Waals surface area contributed by atoms with E-state index in [4.69, 9.17) is 4.74 Å². The van der Waals surface area contributed by atoms with E-state index >= 15 is 0 Å². The minimum atomic E-state index is -0.379. The third-order valence-electron chi connectivity index (χ3n) is 5.13. The van der Waals surface area contributed by atoms with Crippen molar-refractivity contribution in [2.45, 2.75) is 19.4 Å². The number of amides is 3. The lowest BCUT2D eigenvalue weighted by Gasteiger charge is -2.24. The van der Waals surface area contributed by atoms with Crippen LogP contribution in [0.5, 0.6) is 5.75 Å². The molecule has 0 aromatic heterocycles. The SMILES string of the molecule is O=C(CN1C(=O)[C@H]2CC[C@H]2C1=O)Nc1ccc(OCc2ccccc2)cc1. The minimum absolute atomic E-state index is 0.202. The van der Waals surface area contributed by atoms with Gasteiger partial charge in [-0.3, -0.25) is 19.3 Å². The number of hydrogen-bond acceptors (Lipinski definition) is 4. The van der Waals surface area contributed by atoms with Gasteiger partial charge in [-0.1, -0.05) is 30.3 Å². The highest BCUT2D eigenvalue weighted by Gasteiger charge is 2.52. The summed E-state index contributed by atoms with van der Waals surface area (Å²) in [5.41, 5.74) is 1.66. The van der Waals surface area contributed by atoms with Crippen LogP contribution in [0.4, 0.5) is 5.69 Å². The van der Waals surface area contributed by atoms with Gasteiger partial charge in [0.15, 0.2) is 0 Å². The minimum Gasteiger partial charge on any atom is -0.489 e. The second-order valence-electron chi connectivity index (χ2n) is 6.90. The standard InChI is InChI=1S/C21H20N2O4/c24-19(12-23-20(25)17-10-11-18(17)21(23)26)22-15-6-8-16(9-7-15)27-13-14-4-2-1-3-5-14/h1-9,17-18H,10-13H2,(H,22,24)/t17-,18+. The molecule has 2 fully saturated rings. The first kappa shape index (κ1) is 17.3. The van der Waals surface area contributed by atoms with Gasteiger partial charge < -0.3 is 10.1 Å². The fraction of sp³-hybridized carbons (Fsp3) is 0.286. The summed E-state index contributed by atoms with van der Waals surface area (Å²) >= 11 is 0. The lowest BCUT2D eigenvalue weighted by molar-refractivity contribution is -0.142. The van der Waals surface area contributed by atoms with Crippen LogP contribution in [0.3, 0.4) is 0 Å². The van der Waals surface area contributed by atoms with Crippen LogP contribution in [-0.2, 0) is 21.0 Å². The van der Waals surface area contributed by atoms with E-state index in [1.54, 1.807) is 24.3 Å². The molecule has 1 N–H and O–H groups in total. The lowest BCUT2D eigenvalue weighted by atomic mass is 9.76. The van der Waals surface area contributed by atoms with Crippen LogP contribution < -0.4 is 10.1 Å². The highest BCUT2D eigenvalue weighted by atomic mass is 16.5. The molecule has 2 aromatic carbocycles. The molecule has 4 rings (SSSR count). The molecule has 0 radical (unpaired) electrons. The van der Waals surface area contributed by atoms with Crippen LogP contribution in [0.2, 0.25) is 0 Å². The molecule has 138 valence electrons. The highest BCUT2D eigenvalue weighted by molar-refractivity contribution is 6.09. The van der Waals surface area contributed by atoms with Crippen molar-refractivity contribution < 1.29 is 19.1 Å². The fourth-order valence-electron chi connectivity index (χ4n) is 3.48. The Morgan fingerprint density at radius 3 is 2.19 bits per heavy atom. The Kier molecular flexibility index (Phi) is 4.62. The molecule has 0 spiro atoms. The number of likely N-dealkylation sites (tertiary alicyclic amines) is 1. The van der Waals surface area contributed by atoms with Crippen molar-refractivity contribution in [1.29, 1.82) is 0 Å². The van der Waals surface area contributed by atoms with Crippen molar-refractivity contribution in [3.8, 4) is 5.75 Å². The van der Waals surface area contributed by atoms with Gasteiger partial charge in [-0.25, -0.2) is 0 Å². The lowest BCUT2D eigenvalue weighted by Crippen LogP contribution is -2.37. The molecule has 1 aliphatic heterocycles. The Balaban J connectivity index is 1.30. The van der Waals surface area contributed by atoms with E-state index in [-0.39, 0.29) is 36.1 Å². The van der Waals surface area contributed by atoms with Gasteiger partial charge >= 0.3 is 0 Å². The van der Waals surface area contributed by atoms with E-state index in [0.29, 0.717) is 18.0 Å². The van der Waals surface area contributed by atoms with Crippen molar-refractivity contribution >= 4 is 23.4 Å². The van der Waals surface area contributed by atoms with Crippen LogP contribution in [0.15, 0.2) is 54.6 Å². The van der Waals surface area contributed by atoms with Gasteiger partial charge in [0.2, 0.25) is 17.7 Å². The highest BCUT2D eigenvalue weighted by Crippen LogP contribution is 2.42. The van der Waals surface area contributed by atoms with Gasteiger partial charge in [-0.05, 0) is 42.7 Å². The van der Waals surface area contributed by atoms with Gasteiger partial charge in [0, 0.05) is 5.69 Å². The van der Waals surface area contributed by atoms with E-state index in [9.17, 15) is 14.4 Å². The van der Waals surface area contributed by atoms with E-state index < -0.39 is 0 Å². The van der Waals surface area contributed by atoms with E-state index in [1.807, 2.05) is 30.3 Å². The van der Waals surface area contributed by atoms with E-state index in [2.05, 4.69) is 5.32 Å². The predicted molar refractivity (Wildman–Crippen MR) is 98.8 cm³/mol. The molecule has 27 heavy (non-hydrogen) atoms. The zero-order chi connectivity index (χ0) is 18.8. The van der Waals surface area contributed by atoms with E-state index in [1.165, 1.54) is 0 Å². The number of hydrogen-bond donors (Lipinski definition) is 1. The van der Waals surface area contributed by atoms with Gasteiger partial charge in [-0.2, -0.15) is 0 Å². The topological polar surface area (TPSA) is 75.7 Å². The number of benzene rings is 2. The van der Waals surface area contributed by atoms with Crippen molar-refractivity contribution in [3.63, 3.8) is 0 Å². The van der Waals surface area contributed by atoms with E-state index in [0.717, 1.165) is 23.3 Å². The largest absolute Gasteiger partial charge is 0.489 e. The summed E-state index contributed by atoms with van der Waals surface area (Å²) in [6, 6.07) is 16.8. The average molecular weight is 364 g/mol. The molecule has 3 amide bonds. The number of rotatable bonds is 6.